The Hall–Kier alpha value is -5.67. The molecule has 0 amide bonds. The van der Waals surface area contributed by atoms with Gasteiger partial charge in [-0.25, -0.2) is 0 Å². The number of pyridine rings is 1. The van der Waals surface area contributed by atoms with Crippen molar-refractivity contribution in [3.05, 3.63) is 157 Å². The fraction of sp³-hybridized carbons (Fsp3) is 0.0488. The smallest absolute Gasteiger partial charge is 0.0973 e. The molecule has 3 aromatic heterocycles. The van der Waals surface area contributed by atoms with Gasteiger partial charge in [0.05, 0.1) is 27.8 Å². The van der Waals surface area contributed by atoms with E-state index in [4.69, 9.17) is 4.98 Å². The standard InChI is InChI=1S/C41H29N3/c1-4-14-28(15-5-1)30-24-31(29-16-6-2-7-17-29)26-33(25-30)44-38-23-13-11-21-35(38)39-41(44)40-36(27-42-39)34-20-10-12-22-37(34)43(40)32-18-8-3-9-19-32/h1-10,12-20,22-27H,11,21H2. The molecule has 0 saturated carbocycles. The van der Waals surface area contributed by atoms with Crippen molar-refractivity contribution in [1.82, 2.24) is 14.1 Å². The van der Waals surface area contributed by atoms with Crippen LogP contribution in [-0.2, 0) is 6.42 Å². The summed E-state index contributed by atoms with van der Waals surface area (Å²) in [4.78, 5) is 5.22. The van der Waals surface area contributed by atoms with E-state index in [1.165, 1.54) is 55.3 Å². The van der Waals surface area contributed by atoms with Crippen LogP contribution in [0.1, 0.15) is 17.7 Å². The summed E-state index contributed by atoms with van der Waals surface area (Å²) < 4.78 is 4.91. The molecule has 0 unspecified atom stereocenters. The van der Waals surface area contributed by atoms with Gasteiger partial charge in [0.2, 0.25) is 0 Å². The maximum Gasteiger partial charge on any atom is 0.0973 e. The predicted octanol–water partition coefficient (Wildman–Crippen LogP) is 10.4. The van der Waals surface area contributed by atoms with Crippen molar-refractivity contribution in [2.45, 2.75) is 12.8 Å². The molecule has 0 aliphatic heterocycles. The summed E-state index contributed by atoms with van der Waals surface area (Å²) in [6, 6.07) is 47.9. The molecular weight excluding hydrogens is 534 g/mol. The van der Waals surface area contributed by atoms with Crippen molar-refractivity contribution in [3.63, 3.8) is 0 Å². The van der Waals surface area contributed by atoms with Gasteiger partial charge in [-0.3, -0.25) is 4.98 Å². The summed E-state index contributed by atoms with van der Waals surface area (Å²) >= 11 is 0. The zero-order chi connectivity index (χ0) is 29.0. The molecule has 0 bridgehead atoms. The van der Waals surface area contributed by atoms with Crippen molar-refractivity contribution >= 4 is 38.9 Å². The van der Waals surface area contributed by atoms with Gasteiger partial charge in [0.1, 0.15) is 0 Å². The molecule has 3 heterocycles. The first kappa shape index (κ1) is 24.9. The molecule has 0 saturated heterocycles. The first-order valence-electron chi connectivity index (χ1n) is 15.3. The highest BCUT2D eigenvalue weighted by Gasteiger charge is 2.25. The molecule has 0 spiro atoms. The third-order valence-corrected chi connectivity index (χ3v) is 8.99. The molecule has 1 aliphatic rings. The quantitative estimate of drug-likeness (QED) is 0.209. The number of aromatic nitrogens is 3. The third-order valence-electron chi connectivity index (χ3n) is 8.99. The fourth-order valence-electron chi connectivity index (χ4n) is 7.03. The SMILES string of the molecule is C1=Cc2c(c3ncc4c5ccccc5n(-c5ccccc5)c4c3n2-c2cc(-c3ccccc3)cc(-c3ccccc3)c2)CC1. The molecule has 208 valence electrons. The normalized spacial score (nSPS) is 12.7. The van der Waals surface area contributed by atoms with Crippen molar-refractivity contribution in [3.8, 4) is 33.6 Å². The minimum absolute atomic E-state index is 0.976. The average Bonchev–Trinajstić information content (AvgIpc) is 3.62. The van der Waals surface area contributed by atoms with Gasteiger partial charge >= 0.3 is 0 Å². The Morgan fingerprint density at radius 3 is 1.86 bits per heavy atom. The number of benzene rings is 5. The Morgan fingerprint density at radius 1 is 0.523 bits per heavy atom. The highest BCUT2D eigenvalue weighted by molar-refractivity contribution is 6.18. The van der Waals surface area contributed by atoms with Crippen LogP contribution in [0.2, 0.25) is 0 Å². The molecule has 44 heavy (non-hydrogen) atoms. The Morgan fingerprint density at radius 2 is 1.16 bits per heavy atom. The third kappa shape index (κ3) is 3.79. The Labute approximate surface area is 256 Å². The molecule has 1 aliphatic carbocycles. The molecule has 0 fully saturated rings. The summed E-state index contributed by atoms with van der Waals surface area (Å²) in [5.74, 6) is 0. The molecule has 5 aromatic carbocycles. The van der Waals surface area contributed by atoms with Crippen molar-refractivity contribution < 1.29 is 0 Å². The molecule has 8 aromatic rings. The van der Waals surface area contributed by atoms with Crippen LogP contribution in [0.25, 0.3) is 72.5 Å². The number of hydrogen-bond acceptors (Lipinski definition) is 1. The predicted molar refractivity (Wildman–Crippen MR) is 184 cm³/mol. The summed E-state index contributed by atoms with van der Waals surface area (Å²) in [6.07, 6.45) is 8.70. The van der Waals surface area contributed by atoms with E-state index in [1.807, 2.05) is 0 Å². The highest BCUT2D eigenvalue weighted by Crippen LogP contribution is 2.42. The number of rotatable bonds is 4. The van der Waals surface area contributed by atoms with Crippen LogP contribution in [0, 0.1) is 0 Å². The van der Waals surface area contributed by atoms with Crippen LogP contribution in [0.15, 0.2) is 146 Å². The largest absolute Gasteiger partial charge is 0.307 e. The molecule has 0 radical (unpaired) electrons. The lowest BCUT2D eigenvalue weighted by molar-refractivity contribution is 0.966. The van der Waals surface area contributed by atoms with Crippen LogP contribution in [0.4, 0.5) is 0 Å². The van der Waals surface area contributed by atoms with Crippen molar-refractivity contribution in [2.24, 2.45) is 0 Å². The van der Waals surface area contributed by atoms with E-state index in [9.17, 15) is 0 Å². The monoisotopic (exact) mass is 563 g/mol. The molecular formula is C41H29N3. The van der Waals surface area contributed by atoms with E-state index < -0.39 is 0 Å². The minimum atomic E-state index is 0.976. The number of fused-ring (bicyclic) bond motifs is 7. The van der Waals surface area contributed by atoms with Crippen LogP contribution in [0.5, 0.6) is 0 Å². The Bertz CT molecular complexity index is 2300. The molecule has 9 rings (SSSR count). The lowest BCUT2D eigenvalue weighted by Gasteiger charge is -2.17. The maximum absolute atomic E-state index is 5.22. The average molecular weight is 564 g/mol. The number of nitrogens with zero attached hydrogens (tertiary/aromatic N) is 3. The first-order chi connectivity index (χ1) is 21.8. The number of para-hydroxylation sites is 2. The Balaban J connectivity index is 1.46. The highest BCUT2D eigenvalue weighted by atomic mass is 15.1. The Kier molecular flexibility index (Phi) is 5.63. The van der Waals surface area contributed by atoms with Gasteiger partial charge in [-0.1, -0.05) is 103 Å². The molecule has 3 heteroatoms. The second kappa shape index (κ2) is 9.96. The molecule has 0 atom stereocenters. The van der Waals surface area contributed by atoms with E-state index >= 15 is 0 Å². The van der Waals surface area contributed by atoms with E-state index in [0.29, 0.717) is 0 Å². The van der Waals surface area contributed by atoms with E-state index in [2.05, 4.69) is 161 Å². The van der Waals surface area contributed by atoms with E-state index in [-0.39, 0.29) is 0 Å². The van der Waals surface area contributed by atoms with E-state index in [0.717, 1.165) is 35.2 Å². The topological polar surface area (TPSA) is 22.8 Å². The van der Waals surface area contributed by atoms with Crippen LogP contribution in [-0.4, -0.2) is 14.1 Å². The van der Waals surface area contributed by atoms with Crippen LogP contribution >= 0.6 is 0 Å². The van der Waals surface area contributed by atoms with Gasteiger partial charge < -0.3 is 9.13 Å². The second-order valence-corrected chi connectivity index (χ2v) is 11.5. The number of allylic oxidation sites excluding steroid dienone is 1. The summed E-state index contributed by atoms with van der Waals surface area (Å²) in [6.45, 7) is 0. The van der Waals surface area contributed by atoms with Gasteiger partial charge in [0.15, 0.2) is 0 Å². The van der Waals surface area contributed by atoms with Crippen molar-refractivity contribution in [2.75, 3.05) is 0 Å². The number of hydrogen-bond donors (Lipinski definition) is 0. The van der Waals surface area contributed by atoms with Gasteiger partial charge in [-0.05, 0) is 77.6 Å². The maximum atomic E-state index is 5.22. The van der Waals surface area contributed by atoms with Gasteiger partial charge in [0, 0.05) is 33.9 Å². The van der Waals surface area contributed by atoms with Crippen molar-refractivity contribution in [1.29, 1.82) is 0 Å². The summed E-state index contributed by atoms with van der Waals surface area (Å²) in [5.41, 5.74) is 14.2. The van der Waals surface area contributed by atoms with Crippen LogP contribution < -0.4 is 0 Å². The van der Waals surface area contributed by atoms with E-state index in [1.54, 1.807) is 0 Å². The second-order valence-electron chi connectivity index (χ2n) is 11.5. The zero-order valence-electron chi connectivity index (χ0n) is 24.2. The van der Waals surface area contributed by atoms with Crippen LogP contribution in [0.3, 0.4) is 0 Å². The molecule has 0 N–H and O–H groups in total. The zero-order valence-corrected chi connectivity index (χ0v) is 24.2. The lowest BCUT2D eigenvalue weighted by atomic mass is 9.97. The summed E-state index contributed by atoms with van der Waals surface area (Å²) in [7, 11) is 0. The number of aryl methyl sites for hydroxylation is 1. The lowest BCUT2D eigenvalue weighted by Crippen LogP contribution is -2.02. The summed E-state index contributed by atoms with van der Waals surface area (Å²) in [5, 5.41) is 2.38. The van der Waals surface area contributed by atoms with Gasteiger partial charge in [-0.15, -0.1) is 0 Å². The minimum Gasteiger partial charge on any atom is -0.307 e. The first-order valence-corrected chi connectivity index (χ1v) is 15.3. The fourth-order valence-corrected chi connectivity index (χ4v) is 7.03. The van der Waals surface area contributed by atoms with Gasteiger partial charge in [-0.2, -0.15) is 0 Å². The molecule has 3 nitrogen and oxygen atoms in total. The van der Waals surface area contributed by atoms with Gasteiger partial charge in [0.25, 0.3) is 0 Å².